The number of aromatic nitrogens is 2. The van der Waals surface area contributed by atoms with Crippen molar-refractivity contribution in [1.82, 2.24) is 24.7 Å². The molecular weight excluding hydrogens is 402 g/mol. The van der Waals surface area contributed by atoms with Gasteiger partial charge in [-0.25, -0.2) is 8.42 Å². The van der Waals surface area contributed by atoms with Crippen molar-refractivity contribution in [3.05, 3.63) is 48.3 Å². The van der Waals surface area contributed by atoms with Crippen LogP contribution < -0.4 is 10.6 Å². The number of benzene rings is 1. The molecule has 0 unspecified atom stereocenters. The molecule has 9 heteroatoms. The molecule has 2 aliphatic rings. The van der Waals surface area contributed by atoms with E-state index in [-0.39, 0.29) is 17.3 Å². The van der Waals surface area contributed by atoms with Crippen molar-refractivity contribution < 1.29 is 13.2 Å². The molecule has 0 spiro atoms. The van der Waals surface area contributed by atoms with E-state index in [1.54, 1.807) is 25.3 Å². The molecule has 8 nitrogen and oxygen atoms in total. The lowest BCUT2D eigenvalue weighted by Gasteiger charge is -2.25. The van der Waals surface area contributed by atoms with Crippen molar-refractivity contribution in [3.8, 4) is 11.1 Å². The van der Waals surface area contributed by atoms with Gasteiger partial charge in [0.2, 0.25) is 15.9 Å². The third-order valence-electron chi connectivity index (χ3n) is 5.80. The molecule has 2 aliphatic heterocycles. The van der Waals surface area contributed by atoms with Gasteiger partial charge in [0.25, 0.3) is 0 Å². The largest absolute Gasteiger partial charge is 0.355 e. The second-order valence-corrected chi connectivity index (χ2v) is 9.57. The molecule has 1 fully saturated rings. The molecule has 1 amide bonds. The molecule has 30 heavy (non-hydrogen) atoms. The second kappa shape index (κ2) is 8.71. The molecule has 0 aliphatic carbocycles. The Kier molecular flexibility index (Phi) is 6.03. The molecule has 4 rings (SSSR count). The third-order valence-corrected chi connectivity index (χ3v) is 7.68. The van der Waals surface area contributed by atoms with Crippen LogP contribution in [0.15, 0.2) is 53.2 Å². The summed E-state index contributed by atoms with van der Waals surface area (Å²) in [5.41, 5.74) is 2.55. The number of carbonyl (C=O) groups excluding carboxylic acids is 1. The molecule has 0 saturated carbocycles. The second-order valence-electron chi connectivity index (χ2n) is 7.64. The normalized spacial score (nSPS) is 18.8. The summed E-state index contributed by atoms with van der Waals surface area (Å²) in [7, 11) is -2.03. The number of amides is 1. The van der Waals surface area contributed by atoms with E-state index in [0.717, 1.165) is 37.1 Å². The molecular formula is C21H27N5O3S. The predicted molar refractivity (Wildman–Crippen MR) is 114 cm³/mol. The Bertz CT molecular complexity index is 1040. The van der Waals surface area contributed by atoms with E-state index in [0.29, 0.717) is 24.6 Å². The minimum absolute atomic E-state index is 0.151. The zero-order chi connectivity index (χ0) is 21.1. The van der Waals surface area contributed by atoms with Gasteiger partial charge in [0.1, 0.15) is 0 Å². The first-order valence-corrected chi connectivity index (χ1v) is 11.7. The van der Waals surface area contributed by atoms with Crippen molar-refractivity contribution in [1.29, 1.82) is 0 Å². The maximum Gasteiger partial charge on any atom is 0.246 e. The van der Waals surface area contributed by atoms with E-state index in [2.05, 4.69) is 15.7 Å². The standard InChI is InChI=1S/C21H27N5O3S/c1-22-21(27)17-8-12-25(13-9-17)30(28,29)20-4-2-16(3-5-20)18-14-24-26(15-18)19-6-10-23-11-7-19/h2-5,8,14-15,19,23H,6-7,9-13H2,1H3,(H,22,27). The number of hydrogen-bond acceptors (Lipinski definition) is 5. The Hall–Kier alpha value is -2.49. The van der Waals surface area contributed by atoms with Crippen LogP contribution in [-0.2, 0) is 14.8 Å². The first-order chi connectivity index (χ1) is 14.5. The number of carbonyl (C=O) groups is 1. The van der Waals surface area contributed by atoms with Crippen LogP contribution in [0.2, 0.25) is 0 Å². The minimum atomic E-state index is -3.60. The van der Waals surface area contributed by atoms with Crippen molar-refractivity contribution in [3.63, 3.8) is 0 Å². The Balaban J connectivity index is 1.47. The molecule has 0 radical (unpaired) electrons. The predicted octanol–water partition coefficient (Wildman–Crippen LogP) is 1.54. The Morgan fingerprint density at radius 2 is 1.90 bits per heavy atom. The van der Waals surface area contributed by atoms with E-state index in [9.17, 15) is 13.2 Å². The lowest BCUT2D eigenvalue weighted by molar-refractivity contribution is -0.117. The molecule has 160 valence electrons. The summed E-state index contributed by atoms with van der Waals surface area (Å²) >= 11 is 0. The first-order valence-electron chi connectivity index (χ1n) is 10.3. The van der Waals surface area contributed by atoms with Gasteiger partial charge < -0.3 is 10.6 Å². The quantitative estimate of drug-likeness (QED) is 0.752. The fourth-order valence-electron chi connectivity index (χ4n) is 3.96. The number of sulfonamides is 1. The van der Waals surface area contributed by atoms with Crippen molar-refractivity contribution in [2.24, 2.45) is 0 Å². The van der Waals surface area contributed by atoms with Crippen LogP contribution in [0.4, 0.5) is 0 Å². The van der Waals surface area contributed by atoms with Crippen LogP contribution in [0.3, 0.4) is 0 Å². The maximum absolute atomic E-state index is 13.0. The highest BCUT2D eigenvalue weighted by atomic mass is 32.2. The number of rotatable bonds is 5. The molecule has 0 atom stereocenters. The van der Waals surface area contributed by atoms with Crippen LogP contribution in [0.1, 0.15) is 25.3 Å². The van der Waals surface area contributed by atoms with Crippen molar-refractivity contribution in [2.45, 2.75) is 30.2 Å². The Morgan fingerprint density at radius 3 is 2.53 bits per heavy atom. The summed E-state index contributed by atoms with van der Waals surface area (Å²) in [6.45, 7) is 2.51. The highest BCUT2D eigenvalue weighted by Crippen LogP contribution is 2.26. The molecule has 1 saturated heterocycles. The van der Waals surface area contributed by atoms with Gasteiger partial charge >= 0.3 is 0 Å². The van der Waals surface area contributed by atoms with Gasteiger partial charge in [-0.15, -0.1) is 0 Å². The van der Waals surface area contributed by atoms with Gasteiger partial charge in [-0.05, 0) is 50.0 Å². The summed E-state index contributed by atoms with van der Waals surface area (Å²) in [6, 6.07) is 7.35. The summed E-state index contributed by atoms with van der Waals surface area (Å²) in [5, 5.41) is 10.4. The molecule has 3 heterocycles. The van der Waals surface area contributed by atoms with E-state index < -0.39 is 10.0 Å². The van der Waals surface area contributed by atoms with Crippen LogP contribution in [-0.4, -0.2) is 61.6 Å². The Labute approximate surface area is 177 Å². The number of nitrogens with zero attached hydrogens (tertiary/aromatic N) is 3. The zero-order valence-electron chi connectivity index (χ0n) is 17.0. The number of hydrogen-bond donors (Lipinski definition) is 2. The SMILES string of the molecule is CNC(=O)C1=CCN(S(=O)(=O)c2ccc(-c3cnn(C4CCNCC4)c3)cc2)CC1. The lowest BCUT2D eigenvalue weighted by Crippen LogP contribution is -2.37. The molecule has 2 N–H and O–H groups in total. The Morgan fingerprint density at radius 1 is 1.17 bits per heavy atom. The molecule has 0 bridgehead atoms. The van der Waals surface area contributed by atoms with Crippen LogP contribution in [0.5, 0.6) is 0 Å². The van der Waals surface area contributed by atoms with Crippen LogP contribution in [0, 0.1) is 0 Å². The summed E-state index contributed by atoms with van der Waals surface area (Å²) in [4.78, 5) is 12.0. The summed E-state index contributed by atoms with van der Waals surface area (Å²) < 4.78 is 29.4. The van der Waals surface area contributed by atoms with Crippen molar-refractivity contribution >= 4 is 15.9 Å². The van der Waals surface area contributed by atoms with Gasteiger partial charge in [-0.3, -0.25) is 9.48 Å². The van der Waals surface area contributed by atoms with Gasteiger partial charge in [0.05, 0.1) is 17.1 Å². The number of likely N-dealkylation sites (N-methyl/N-ethyl adjacent to an activating group) is 1. The van der Waals surface area contributed by atoms with E-state index in [4.69, 9.17) is 0 Å². The fraction of sp³-hybridized carbons (Fsp3) is 0.429. The molecule has 1 aromatic carbocycles. The zero-order valence-corrected chi connectivity index (χ0v) is 17.9. The highest BCUT2D eigenvalue weighted by molar-refractivity contribution is 7.89. The average molecular weight is 430 g/mol. The van der Waals surface area contributed by atoms with E-state index in [1.165, 1.54) is 4.31 Å². The van der Waals surface area contributed by atoms with E-state index in [1.807, 2.05) is 29.2 Å². The summed E-state index contributed by atoms with van der Waals surface area (Å²) in [5.74, 6) is -0.151. The molecule has 2 aromatic rings. The third kappa shape index (κ3) is 4.19. The minimum Gasteiger partial charge on any atom is -0.355 e. The van der Waals surface area contributed by atoms with Gasteiger partial charge in [0.15, 0.2) is 0 Å². The van der Waals surface area contributed by atoms with Gasteiger partial charge in [0, 0.05) is 37.5 Å². The monoisotopic (exact) mass is 429 g/mol. The topological polar surface area (TPSA) is 96.3 Å². The summed E-state index contributed by atoms with van der Waals surface area (Å²) in [6.07, 6.45) is 8.08. The highest BCUT2D eigenvalue weighted by Gasteiger charge is 2.27. The van der Waals surface area contributed by atoms with Crippen LogP contribution >= 0.6 is 0 Å². The lowest BCUT2D eigenvalue weighted by atomic mass is 10.1. The van der Waals surface area contributed by atoms with E-state index >= 15 is 0 Å². The number of nitrogens with one attached hydrogen (secondary N) is 2. The molecule has 1 aromatic heterocycles. The van der Waals surface area contributed by atoms with Gasteiger partial charge in [-0.2, -0.15) is 9.40 Å². The maximum atomic E-state index is 13.0. The first kappa shape index (κ1) is 20.8. The van der Waals surface area contributed by atoms with Crippen molar-refractivity contribution in [2.75, 3.05) is 33.2 Å². The number of piperidine rings is 1. The fourth-order valence-corrected chi connectivity index (χ4v) is 5.34. The van der Waals surface area contributed by atoms with Gasteiger partial charge in [-0.1, -0.05) is 18.2 Å². The smallest absolute Gasteiger partial charge is 0.246 e. The van der Waals surface area contributed by atoms with Crippen LogP contribution in [0.25, 0.3) is 11.1 Å². The average Bonchev–Trinajstić information content (AvgIpc) is 3.30.